The summed E-state index contributed by atoms with van der Waals surface area (Å²) in [5, 5.41) is 10.1. The van der Waals surface area contributed by atoms with Gasteiger partial charge in [-0.3, -0.25) is 4.79 Å². The number of ketones is 1. The van der Waals surface area contributed by atoms with Gasteiger partial charge in [0.05, 0.1) is 5.56 Å². The van der Waals surface area contributed by atoms with Gasteiger partial charge in [0, 0.05) is 0 Å². The van der Waals surface area contributed by atoms with Gasteiger partial charge < -0.3 is 19.3 Å². The number of ether oxygens (including phenoxy) is 3. The molecule has 0 bridgehead atoms. The molecule has 1 aromatic rings. The average Bonchev–Trinajstić information content (AvgIpc) is 2.83. The van der Waals surface area contributed by atoms with Gasteiger partial charge in [0.25, 0.3) is 0 Å². The van der Waals surface area contributed by atoms with Crippen LogP contribution in [0.15, 0.2) is 42.5 Å². The maximum Gasteiger partial charge on any atom is 0.338 e. The predicted octanol–water partition coefficient (Wildman–Crippen LogP) is 1.23. The molecule has 2 aliphatic rings. The van der Waals surface area contributed by atoms with Crippen LogP contribution in [0, 0.1) is 0 Å². The van der Waals surface area contributed by atoms with Crippen molar-refractivity contribution in [1.82, 2.24) is 0 Å². The zero-order valence-corrected chi connectivity index (χ0v) is 12.9. The number of benzene rings is 1. The Balaban J connectivity index is 1.82. The summed E-state index contributed by atoms with van der Waals surface area (Å²) < 4.78 is 16.7. The Morgan fingerprint density at radius 3 is 2.70 bits per heavy atom. The molecule has 0 saturated carbocycles. The van der Waals surface area contributed by atoms with E-state index in [1.807, 2.05) is 0 Å². The number of aliphatic hydroxyl groups excluding tert-OH is 1. The second-order valence-corrected chi connectivity index (χ2v) is 6.09. The van der Waals surface area contributed by atoms with Gasteiger partial charge in [-0.2, -0.15) is 0 Å². The molecule has 0 spiro atoms. The van der Waals surface area contributed by atoms with E-state index in [1.54, 1.807) is 44.2 Å². The number of aliphatic hydroxyl groups is 1. The highest BCUT2D eigenvalue weighted by Crippen LogP contribution is 2.41. The van der Waals surface area contributed by atoms with Crippen LogP contribution in [-0.2, 0) is 19.0 Å². The normalized spacial score (nSPS) is 31.7. The van der Waals surface area contributed by atoms with Gasteiger partial charge in [0.1, 0.15) is 18.8 Å². The first-order valence-electron chi connectivity index (χ1n) is 7.35. The standard InChI is InChI=1S/C17H18O6/c1-16(2)22-14-12(18)8-9-13(19)17(14,23-16)10-21-15(20)11-6-4-3-5-7-11/h3-9,12,14,18H,10H2,1-2H3/t12-,14+,17-/m0/s1. The molecule has 23 heavy (non-hydrogen) atoms. The number of hydrogen-bond acceptors (Lipinski definition) is 6. The zero-order valence-electron chi connectivity index (χ0n) is 12.9. The van der Waals surface area contributed by atoms with Crippen LogP contribution in [0.1, 0.15) is 24.2 Å². The largest absolute Gasteiger partial charge is 0.458 e. The summed E-state index contributed by atoms with van der Waals surface area (Å²) in [6.45, 7) is 2.97. The molecule has 1 heterocycles. The Hall–Kier alpha value is -2.02. The number of esters is 1. The molecule has 1 aromatic carbocycles. The van der Waals surface area contributed by atoms with Crippen molar-refractivity contribution in [2.45, 2.75) is 37.4 Å². The molecule has 3 atom stereocenters. The Labute approximate surface area is 133 Å². The van der Waals surface area contributed by atoms with E-state index >= 15 is 0 Å². The molecule has 1 N–H and O–H groups in total. The third-order valence-electron chi connectivity index (χ3n) is 3.90. The minimum Gasteiger partial charge on any atom is -0.458 e. The van der Waals surface area contributed by atoms with Gasteiger partial charge in [0.15, 0.2) is 17.2 Å². The van der Waals surface area contributed by atoms with Gasteiger partial charge in [-0.25, -0.2) is 4.79 Å². The first-order valence-corrected chi connectivity index (χ1v) is 7.35. The number of hydrogen-bond donors (Lipinski definition) is 1. The topological polar surface area (TPSA) is 82.1 Å². The Morgan fingerprint density at radius 2 is 2.00 bits per heavy atom. The molecular weight excluding hydrogens is 300 g/mol. The van der Waals surface area contributed by atoms with E-state index in [2.05, 4.69) is 0 Å². The summed E-state index contributed by atoms with van der Waals surface area (Å²) in [5.74, 6) is -2.02. The average molecular weight is 318 g/mol. The minimum atomic E-state index is -1.53. The van der Waals surface area contributed by atoms with Crippen LogP contribution < -0.4 is 0 Å². The van der Waals surface area contributed by atoms with Crippen molar-refractivity contribution in [3.8, 4) is 0 Å². The first kappa shape index (κ1) is 15.9. The lowest BCUT2D eigenvalue weighted by molar-refractivity contribution is -0.176. The summed E-state index contributed by atoms with van der Waals surface area (Å²) in [5.41, 5.74) is -1.15. The molecule has 0 radical (unpaired) electrons. The molecule has 0 unspecified atom stereocenters. The molecule has 3 rings (SSSR count). The van der Waals surface area contributed by atoms with E-state index in [4.69, 9.17) is 14.2 Å². The van der Waals surface area contributed by atoms with E-state index in [9.17, 15) is 14.7 Å². The summed E-state index contributed by atoms with van der Waals surface area (Å²) >= 11 is 0. The van der Waals surface area contributed by atoms with Crippen molar-refractivity contribution >= 4 is 11.8 Å². The second-order valence-electron chi connectivity index (χ2n) is 6.09. The molecule has 1 fully saturated rings. The molecule has 0 amide bonds. The van der Waals surface area contributed by atoms with Crippen molar-refractivity contribution in [3.05, 3.63) is 48.0 Å². The number of carbonyl (C=O) groups excluding carboxylic acids is 2. The fourth-order valence-electron chi connectivity index (χ4n) is 2.90. The van der Waals surface area contributed by atoms with Crippen molar-refractivity contribution in [2.24, 2.45) is 0 Å². The highest BCUT2D eigenvalue weighted by atomic mass is 16.8. The summed E-state index contributed by atoms with van der Waals surface area (Å²) in [7, 11) is 0. The van der Waals surface area contributed by atoms with Crippen LogP contribution in [0.5, 0.6) is 0 Å². The van der Waals surface area contributed by atoms with Crippen LogP contribution in [-0.4, -0.2) is 47.1 Å². The summed E-state index contributed by atoms with van der Waals surface area (Å²) in [6, 6.07) is 8.45. The molecule has 1 aliphatic heterocycles. The second kappa shape index (κ2) is 5.56. The SMILES string of the molecule is CC1(C)O[C@@H]2[C@@H](O)C=CC(=O)[C@]2(COC(=O)c2ccccc2)O1. The molecule has 0 aromatic heterocycles. The van der Waals surface area contributed by atoms with E-state index in [0.29, 0.717) is 5.56 Å². The number of carbonyl (C=O) groups is 2. The Kier molecular flexibility index (Phi) is 3.83. The van der Waals surface area contributed by atoms with Crippen LogP contribution >= 0.6 is 0 Å². The molecule has 6 nitrogen and oxygen atoms in total. The van der Waals surface area contributed by atoms with E-state index in [1.165, 1.54) is 12.2 Å². The molecule has 1 saturated heterocycles. The van der Waals surface area contributed by atoms with Crippen LogP contribution in [0.4, 0.5) is 0 Å². The van der Waals surface area contributed by atoms with Crippen molar-refractivity contribution in [1.29, 1.82) is 0 Å². The third kappa shape index (κ3) is 2.81. The van der Waals surface area contributed by atoms with Crippen LogP contribution in [0.2, 0.25) is 0 Å². The van der Waals surface area contributed by atoms with Gasteiger partial charge in [-0.05, 0) is 38.1 Å². The molecular formula is C17H18O6. The fraction of sp³-hybridized carbons (Fsp3) is 0.412. The zero-order chi connectivity index (χ0) is 16.7. The molecule has 6 heteroatoms. The summed E-state index contributed by atoms with van der Waals surface area (Å²) in [4.78, 5) is 24.5. The number of fused-ring (bicyclic) bond motifs is 1. The van der Waals surface area contributed by atoms with Crippen molar-refractivity contribution in [3.63, 3.8) is 0 Å². The monoisotopic (exact) mass is 318 g/mol. The van der Waals surface area contributed by atoms with Crippen molar-refractivity contribution < 1.29 is 28.9 Å². The minimum absolute atomic E-state index is 0.324. The Morgan fingerprint density at radius 1 is 1.30 bits per heavy atom. The van der Waals surface area contributed by atoms with Crippen molar-refractivity contribution in [2.75, 3.05) is 6.61 Å². The molecule has 1 aliphatic carbocycles. The highest BCUT2D eigenvalue weighted by Gasteiger charge is 2.61. The van der Waals surface area contributed by atoms with E-state index in [-0.39, 0.29) is 12.4 Å². The van der Waals surface area contributed by atoms with E-state index in [0.717, 1.165) is 0 Å². The van der Waals surface area contributed by atoms with Gasteiger partial charge in [-0.15, -0.1) is 0 Å². The van der Waals surface area contributed by atoms with Crippen LogP contribution in [0.25, 0.3) is 0 Å². The summed E-state index contributed by atoms with van der Waals surface area (Å²) in [6.07, 6.45) is 0.667. The maximum absolute atomic E-state index is 12.4. The molecule has 122 valence electrons. The van der Waals surface area contributed by atoms with E-state index < -0.39 is 29.6 Å². The third-order valence-corrected chi connectivity index (χ3v) is 3.90. The predicted molar refractivity (Wildman–Crippen MR) is 79.6 cm³/mol. The number of rotatable bonds is 3. The highest BCUT2D eigenvalue weighted by molar-refractivity contribution is 5.99. The van der Waals surface area contributed by atoms with Crippen LogP contribution in [0.3, 0.4) is 0 Å². The van der Waals surface area contributed by atoms with Gasteiger partial charge in [0.2, 0.25) is 0 Å². The quantitative estimate of drug-likeness (QED) is 0.844. The van der Waals surface area contributed by atoms with Gasteiger partial charge in [-0.1, -0.05) is 18.2 Å². The fourth-order valence-corrected chi connectivity index (χ4v) is 2.90. The van der Waals surface area contributed by atoms with Gasteiger partial charge >= 0.3 is 5.97 Å². The maximum atomic E-state index is 12.4. The first-order chi connectivity index (χ1) is 10.8. The smallest absolute Gasteiger partial charge is 0.338 e. The lowest BCUT2D eigenvalue weighted by Gasteiger charge is -2.34. The lowest BCUT2D eigenvalue weighted by Crippen LogP contribution is -2.57. The lowest BCUT2D eigenvalue weighted by atomic mass is 9.84. The Bertz CT molecular complexity index is 650.